The van der Waals surface area contributed by atoms with Crippen LogP contribution in [0.2, 0.25) is 0 Å². The summed E-state index contributed by atoms with van der Waals surface area (Å²) in [4.78, 5) is 12.0. The van der Waals surface area contributed by atoms with Crippen molar-refractivity contribution in [3.63, 3.8) is 0 Å². The van der Waals surface area contributed by atoms with Crippen LogP contribution in [-0.4, -0.2) is 25.5 Å². The van der Waals surface area contributed by atoms with E-state index in [2.05, 4.69) is 15.5 Å². The van der Waals surface area contributed by atoms with Gasteiger partial charge in [-0.3, -0.25) is 14.2 Å². The molecule has 6 heteroatoms. The van der Waals surface area contributed by atoms with Crippen LogP contribution in [0.5, 0.6) is 0 Å². The van der Waals surface area contributed by atoms with Gasteiger partial charge >= 0.3 is 0 Å². The smallest absolute Gasteiger partial charge is 0.248 e. The number of anilines is 1. The van der Waals surface area contributed by atoms with Crippen molar-refractivity contribution in [1.82, 2.24) is 19.6 Å². The third kappa shape index (κ3) is 4.19. The molecule has 1 amide bonds. The molecule has 2 aromatic heterocycles. The molecule has 0 radical (unpaired) electrons. The lowest BCUT2D eigenvalue weighted by Gasteiger charge is -2.01. The van der Waals surface area contributed by atoms with Gasteiger partial charge in [-0.1, -0.05) is 30.3 Å². The molecule has 1 aromatic carbocycles. The zero-order chi connectivity index (χ0) is 16.8. The number of hydrogen-bond donors (Lipinski definition) is 1. The van der Waals surface area contributed by atoms with E-state index in [1.807, 2.05) is 54.3 Å². The van der Waals surface area contributed by atoms with E-state index in [0.29, 0.717) is 12.2 Å². The Labute approximate surface area is 140 Å². The van der Waals surface area contributed by atoms with E-state index in [9.17, 15) is 4.79 Å². The standard InChI is InChI=1S/C18H19N5O/c1-2-22-13-16(10-19-22)8-9-18(24)21-17-11-20-23(14-17)12-15-6-4-3-5-7-15/h3-11,13-14H,2,12H2,1H3,(H,21,24)/b9-8+. The van der Waals surface area contributed by atoms with Crippen molar-refractivity contribution in [3.8, 4) is 0 Å². The number of benzene rings is 1. The van der Waals surface area contributed by atoms with Crippen LogP contribution in [0.3, 0.4) is 0 Å². The number of hydrogen-bond acceptors (Lipinski definition) is 3. The number of carbonyl (C=O) groups excluding carboxylic acids is 1. The minimum atomic E-state index is -0.196. The molecule has 0 fully saturated rings. The van der Waals surface area contributed by atoms with Gasteiger partial charge in [-0.25, -0.2) is 0 Å². The van der Waals surface area contributed by atoms with Crippen LogP contribution in [-0.2, 0) is 17.9 Å². The molecule has 0 saturated heterocycles. The Hall–Kier alpha value is -3.15. The molecule has 122 valence electrons. The summed E-state index contributed by atoms with van der Waals surface area (Å²) in [6.07, 6.45) is 10.3. The van der Waals surface area contributed by atoms with Crippen molar-refractivity contribution < 1.29 is 4.79 Å². The van der Waals surface area contributed by atoms with E-state index >= 15 is 0 Å². The van der Waals surface area contributed by atoms with Crippen LogP contribution in [0, 0.1) is 0 Å². The lowest BCUT2D eigenvalue weighted by atomic mass is 10.2. The number of aromatic nitrogens is 4. The minimum absolute atomic E-state index is 0.196. The maximum atomic E-state index is 12.0. The van der Waals surface area contributed by atoms with Crippen LogP contribution < -0.4 is 5.32 Å². The van der Waals surface area contributed by atoms with Gasteiger partial charge in [-0.15, -0.1) is 0 Å². The summed E-state index contributed by atoms with van der Waals surface area (Å²) in [5, 5.41) is 11.2. The van der Waals surface area contributed by atoms with Crippen LogP contribution in [0.25, 0.3) is 6.08 Å². The number of aryl methyl sites for hydroxylation is 1. The van der Waals surface area contributed by atoms with E-state index in [0.717, 1.165) is 17.7 Å². The highest BCUT2D eigenvalue weighted by atomic mass is 16.1. The Morgan fingerprint density at radius 3 is 2.67 bits per heavy atom. The molecule has 0 aliphatic rings. The van der Waals surface area contributed by atoms with Gasteiger partial charge in [0.1, 0.15) is 0 Å². The lowest BCUT2D eigenvalue weighted by Crippen LogP contribution is -2.07. The summed E-state index contributed by atoms with van der Waals surface area (Å²) < 4.78 is 3.60. The minimum Gasteiger partial charge on any atom is -0.320 e. The first-order valence-corrected chi connectivity index (χ1v) is 7.81. The molecule has 1 N–H and O–H groups in total. The molecule has 2 heterocycles. The van der Waals surface area contributed by atoms with Crippen molar-refractivity contribution in [1.29, 1.82) is 0 Å². The molecular weight excluding hydrogens is 302 g/mol. The summed E-state index contributed by atoms with van der Waals surface area (Å²) in [5.74, 6) is -0.196. The fourth-order valence-electron chi connectivity index (χ4n) is 2.28. The molecule has 3 rings (SSSR count). The Morgan fingerprint density at radius 1 is 1.12 bits per heavy atom. The summed E-state index contributed by atoms with van der Waals surface area (Å²) in [6, 6.07) is 10.0. The third-order valence-corrected chi connectivity index (χ3v) is 3.49. The van der Waals surface area contributed by atoms with Gasteiger partial charge in [0.05, 0.1) is 24.6 Å². The molecule has 0 unspecified atom stereocenters. The maximum absolute atomic E-state index is 12.0. The van der Waals surface area contributed by atoms with Gasteiger partial charge in [0.2, 0.25) is 5.91 Å². The van der Waals surface area contributed by atoms with E-state index in [1.54, 1.807) is 23.2 Å². The molecule has 3 aromatic rings. The molecule has 6 nitrogen and oxygen atoms in total. The first-order valence-electron chi connectivity index (χ1n) is 7.81. The second-order valence-corrected chi connectivity index (χ2v) is 5.36. The zero-order valence-electron chi connectivity index (χ0n) is 13.5. The van der Waals surface area contributed by atoms with E-state index in [4.69, 9.17) is 0 Å². The molecule has 0 spiro atoms. The zero-order valence-corrected chi connectivity index (χ0v) is 13.5. The lowest BCUT2D eigenvalue weighted by molar-refractivity contribution is -0.111. The average molecular weight is 321 g/mol. The van der Waals surface area contributed by atoms with Gasteiger partial charge in [0, 0.05) is 30.6 Å². The molecule has 0 atom stereocenters. The van der Waals surface area contributed by atoms with Gasteiger partial charge in [0.25, 0.3) is 0 Å². The fraction of sp³-hybridized carbons (Fsp3) is 0.167. The molecule has 0 aliphatic carbocycles. The first-order chi connectivity index (χ1) is 11.7. The largest absolute Gasteiger partial charge is 0.320 e. The number of nitrogens with zero attached hydrogens (tertiary/aromatic N) is 4. The van der Waals surface area contributed by atoms with Crippen molar-refractivity contribution in [2.45, 2.75) is 20.0 Å². The number of rotatable bonds is 6. The highest BCUT2D eigenvalue weighted by Crippen LogP contribution is 2.08. The SMILES string of the molecule is CCn1cc(/C=C/C(=O)Nc2cnn(Cc3ccccc3)c2)cn1. The van der Waals surface area contributed by atoms with Crippen LogP contribution >= 0.6 is 0 Å². The summed E-state index contributed by atoms with van der Waals surface area (Å²) in [6.45, 7) is 3.49. The first kappa shape index (κ1) is 15.7. The van der Waals surface area contributed by atoms with E-state index < -0.39 is 0 Å². The van der Waals surface area contributed by atoms with E-state index in [1.165, 1.54) is 6.08 Å². The normalized spacial score (nSPS) is 11.0. The second-order valence-electron chi connectivity index (χ2n) is 5.36. The van der Waals surface area contributed by atoms with E-state index in [-0.39, 0.29) is 5.91 Å². The van der Waals surface area contributed by atoms with Crippen LogP contribution in [0.15, 0.2) is 61.2 Å². The third-order valence-electron chi connectivity index (χ3n) is 3.49. The summed E-state index contributed by atoms with van der Waals surface area (Å²) in [5.41, 5.74) is 2.72. The molecular formula is C18H19N5O. The second kappa shape index (κ2) is 7.41. The van der Waals surface area contributed by atoms with Crippen molar-refractivity contribution in [2.24, 2.45) is 0 Å². The van der Waals surface area contributed by atoms with Gasteiger partial charge in [0.15, 0.2) is 0 Å². The topological polar surface area (TPSA) is 64.7 Å². The molecule has 0 bridgehead atoms. The van der Waals surface area contributed by atoms with Gasteiger partial charge in [-0.05, 0) is 18.6 Å². The van der Waals surface area contributed by atoms with Crippen molar-refractivity contribution in [3.05, 3.63) is 72.3 Å². The Balaban J connectivity index is 1.57. The summed E-state index contributed by atoms with van der Waals surface area (Å²) in [7, 11) is 0. The Kier molecular flexibility index (Phi) is 4.86. The quantitative estimate of drug-likeness (QED) is 0.710. The fourth-order valence-corrected chi connectivity index (χ4v) is 2.28. The highest BCUT2D eigenvalue weighted by Gasteiger charge is 2.03. The maximum Gasteiger partial charge on any atom is 0.248 e. The number of amides is 1. The Morgan fingerprint density at radius 2 is 1.92 bits per heavy atom. The van der Waals surface area contributed by atoms with Crippen LogP contribution in [0.1, 0.15) is 18.1 Å². The number of nitrogens with one attached hydrogen (secondary N) is 1. The predicted molar refractivity (Wildman–Crippen MR) is 93.3 cm³/mol. The van der Waals surface area contributed by atoms with Crippen LogP contribution in [0.4, 0.5) is 5.69 Å². The Bertz CT molecular complexity index is 832. The van der Waals surface area contributed by atoms with Gasteiger partial charge < -0.3 is 5.32 Å². The highest BCUT2D eigenvalue weighted by molar-refractivity contribution is 6.01. The predicted octanol–water partition coefficient (Wildman–Crippen LogP) is 2.80. The van der Waals surface area contributed by atoms with Crippen molar-refractivity contribution >= 4 is 17.7 Å². The monoisotopic (exact) mass is 321 g/mol. The molecule has 24 heavy (non-hydrogen) atoms. The molecule has 0 aliphatic heterocycles. The number of carbonyl (C=O) groups is 1. The average Bonchev–Trinajstić information content (AvgIpc) is 3.23. The summed E-state index contributed by atoms with van der Waals surface area (Å²) >= 11 is 0. The molecule has 0 saturated carbocycles. The van der Waals surface area contributed by atoms with Gasteiger partial charge in [-0.2, -0.15) is 10.2 Å². The van der Waals surface area contributed by atoms with Crippen molar-refractivity contribution in [2.75, 3.05) is 5.32 Å².